The van der Waals surface area contributed by atoms with Gasteiger partial charge in [-0.15, -0.1) is 0 Å². The first kappa shape index (κ1) is 19.4. The Morgan fingerprint density at radius 1 is 1.18 bits per heavy atom. The molecule has 146 valence electrons. The number of carbonyl (C=O) groups is 2. The maximum atomic E-state index is 12.9. The summed E-state index contributed by atoms with van der Waals surface area (Å²) in [5, 5.41) is 5.62. The van der Waals surface area contributed by atoms with Crippen LogP contribution in [0.3, 0.4) is 0 Å². The molecule has 0 bridgehead atoms. The van der Waals surface area contributed by atoms with Gasteiger partial charge in [0.1, 0.15) is 11.8 Å². The lowest BCUT2D eigenvalue weighted by molar-refractivity contribution is -0.119. The highest BCUT2D eigenvalue weighted by atomic mass is 16.5. The van der Waals surface area contributed by atoms with Gasteiger partial charge < -0.3 is 15.0 Å². The van der Waals surface area contributed by atoms with Crippen LogP contribution < -0.4 is 15.4 Å². The first-order valence-corrected chi connectivity index (χ1v) is 9.22. The highest BCUT2D eigenvalue weighted by Crippen LogP contribution is 2.17. The number of hydrogen-bond donors (Lipinski definition) is 3. The number of benzene rings is 2. The Morgan fingerprint density at radius 3 is 2.68 bits per heavy atom. The molecule has 7 nitrogen and oxygen atoms in total. The quantitative estimate of drug-likeness (QED) is 0.586. The van der Waals surface area contributed by atoms with Gasteiger partial charge in [0.25, 0.3) is 5.91 Å². The van der Waals surface area contributed by atoms with Gasteiger partial charge in [0.05, 0.1) is 18.1 Å². The molecule has 0 aliphatic carbocycles. The number of ether oxygens (including phenoxy) is 1. The van der Waals surface area contributed by atoms with Gasteiger partial charge in [-0.05, 0) is 36.2 Å². The summed E-state index contributed by atoms with van der Waals surface area (Å²) in [5.41, 5.74) is 2.03. The zero-order chi connectivity index (χ0) is 20.1. The van der Waals surface area contributed by atoms with Gasteiger partial charge in [0.15, 0.2) is 0 Å². The lowest BCUT2D eigenvalue weighted by Gasteiger charge is -2.23. The number of imidazole rings is 1. The SMILES string of the molecule is CC[C@H](C)[C@@H](NC(=O)c1cccc(OC)c1)C(=O)Nc1nc2ccccc2[nH]1. The molecule has 0 aliphatic heterocycles. The number of aromatic amines is 1. The molecule has 7 heteroatoms. The minimum absolute atomic E-state index is 0.0565. The summed E-state index contributed by atoms with van der Waals surface area (Å²) in [6.45, 7) is 3.90. The summed E-state index contributed by atoms with van der Waals surface area (Å²) < 4.78 is 5.16. The number of hydrogen-bond acceptors (Lipinski definition) is 4. The van der Waals surface area contributed by atoms with E-state index in [9.17, 15) is 9.59 Å². The van der Waals surface area contributed by atoms with Gasteiger partial charge in [-0.2, -0.15) is 0 Å². The maximum absolute atomic E-state index is 12.9. The molecule has 3 rings (SSSR count). The smallest absolute Gasteiger partial charge is 0.252 e. The zero-order valence-corrected chi connectivity index (χ0v) is 16.2. The summed E-state index contributed by atoms with van der Waals surface area (Å²) in [4.78, 5) is 33.0. The van der Waals surface area contributed by atoms with Gasteiger partial charge in [0.2, 0.25) is 11.9 Å². The van der Waals surface area contributed by atoms with Crippen molar-refractivity contribution in [1.29, 1.82) is 0 Å². The first-order valence-electron chi connectivity index (χ1n) is 9.22. The molecule has 1 aromatic heterocycles. The van der Waals surface area contributed by atoms with E-state index in [1.165, 1.54) is 0 Å². The lowest BCUT2D eigenvalue weighted by Crippen LogP contribution is -2.47. The molecule has 28 heavy (non-hydrogen) atoms. The molecule has 2 aromatic carbocycles. The van der Waals surface area contributed by atoms with Crippen LogP contribution in [0.2, 0.25) is 0 Å². The van der Waals surface area contributed by atoms with Crippen LogP contribution in [0.4, 0.5) is 5.95 Å². The predicted octanol–water partition coefficient (Wildman–Crippen LogP) is 3.35. The minimum atomic E-state index is -0.697. The third-order valence-corrected chi connectivity index (χ3v) is 4.74. The average molecular weight is 380 g/mol. The molecule has 2 atom stereocenters. The van der Waals surface area contributed by atoms with E-state index < -0.39 is 6.04 Å². The first-order chi connectivity index (χ1) is 13.5. The van der Waals surface area contributed by atoms with Crippen LogP contribution in [0.25, 0.3) is 11.0 Å². The topological polar surface area (TPSA) is 96.1 Å². The Morgan fingerprint density at radius 2 is 1.96 bits per heavy atom. The number of para-hydroxylation sites is 2. The fourth-order valence-electron chi connectivity index (χ4n) is 2.90. The summed E-state index contributed by atoms with van der Waals surface area (Å²) in [6.07, 6.45) is 0.733. The number of rotatable bonds is 7. The maximum Gasteiger partial charge on any atom is 0.252 e. The molecular weight excluding hydrogens is 356 g/mol. The van der Waals surface area contributed by atoms with Crippen molar-refractivity contribution in [2.45, 2.75) is 26.3 Å². The van der Waals surface area contributed by atoms with Gasteiger partial charge >= 0.3 is 0 Å². The number of methoxy groups -OCH3 is 1. The third kappa shape index (κ3) is 4.31. The van der Waals surface area contributed by atoms with Crippen LogP contribution >= 0.6 is 0 Å². The number of anilines is 1. The van der Waals surface area contributed by atoms with E-state index in [0.29, 0.717) is 17.3 Å². The third-order valence-electron chi connectivity index (χ3n) is 4.74. The fourth-order valence-corrected chi connectivity index (χ4v) is 2.90. The molecule has 3 N–H and O–H groups in total. The van der Waals surface area contributed by atoms with E-state index in [0.717, 1.165) is 17.5 Å². The Hall–Kier alpha value is -3.35. The highest BCUT2D eigenvalue weighted by molar-refractivity contribution is 6.01. The van der Waals surface area contributed by atoms with E-state index in [1.807, 2.05) is 38.1 Å². The van der Waals surface area contributed by atoms with Crippen LogP contribution in [-0.4, -0.2) is 34.9 Å². The van der Waals surface area contributed by atoms with Crippen molar-refractivity contribution in [1.82, 2.24) is 15.3 Å². The second-order valence-corrected chi connectivity index (χ2v) is 6.66. The Kier molecular flexibility index (Phi) is 5.93. The van der Waals surface area contributed by atoms with Gasteiger partial charge in [-0.1, -0.05) is 38.5 Å². The monoisotopic (exact) mass is 380 g/mol. The van der Waals surface area contributed by atoms with Crippen LogP contribution in [0.5, 0.6) is 5.75 Å². The van der Waals surface area contributed by atoms with Crippen LogP contribution in [-0.2, 0) is 4.79 Å². The highest BCUT2D eigenvalue weighted by Gasteiger charge is 2.27. The number of fused-ring (bicyclic) bond motifs is 1. The lowest BCUT2D eigenvalue weighted by atomic mass is 9.98. The predicted molar refractivity (Wildman–Crippen MR) is 108 cm³/mol. The van der Waals surface area contributed by atoms with Crippen molar-refractivity contribution in [3.63, 3.8) is 0 Å². The molecule has 1 heterocycles. The van der Waals surface area contributed by atoms with Crippen molar-refractivity contribution >= 4 is 28.8 Å². The summed E-state index contributed by atoms with van der Waals surface area (Å²) >= 11 is 0. The summed E-state index contributed by atoms with van der Waals surface area (Å²) in [7, 11) is 1.54. The average Bonchev–Trinajstić information content (AvgIpc) is 3.13. The number of aromatic nitrogens is 2. The molecule has 0 saturated heterocycles. The molecule has 0 fully saturated rings. The fraction of sp³-hybridized carbons (Fsp3) is 0.286. The number of amides is 2. The molecule has 2 amide bonds. The van der Waals surface area contributed by atoms with E-state index in [1.54, 1.807) is 31.4 Å². The van der Waals surface area contributed by atoms with Crippen LogP contribution in [0.1, 0.15) is 30.6 Å². The van der Waals surface area contributed by atoms with Gasteiger partial charge in [0, 0.05) is 5.56 Å². The normalized spacial score (nSPS) is 13.0. The largest absolute Gasteiger partial charge is 0.497 e. The van der Waals surface area contributed by atoms with Crippen molar-refractivity contribution in [3.05, 3.63) is 54.1 Å². The van der Waals surface area contributed by atoms with Gasteiger partial charge in [-0.25, -0.2) is 4.98 Å². The Bertz CT molecular complexity index is 949. The molecular formula is C21H24N4O3. The number of nitrogens with zero attached hydrogens (tertiary/aromatic N) is 1. The van der Waals surface area contributed by atoms with E-state index in [2.05, 4.69) is 20.6 Å². The molecule has 0 radical (unpaired) electrons. The molecule has 0 saturated carbocycles. The summed E-state index contributed by atoms with van der Waals surface area (Å²) in [5.74, 6) is 0.238. The molecule has 3 aromatic rings. The standard InChI is InChI=1S/C21H24N4O3/c1-4-13(2)18(24-19(26)14-8-7-9-15(12-14)28-3)20(27)25-21-22-16-10-5-6-11-17(16)23-21/h5-13,18H,4H2,1-3H3,(H,24,26)(H2,22,23,25,27)/t13-,18+/m0/s1. The Balaban J connectivity index is 1.76. The molecule has 0 aliphatic rings. The number of nitrogens with one attached hydrogen (secondary N) is 3. The van der Waals surface area contributed by atoms with Crippen molar-refractivity contribution in [3.8, 4) is 5.75 Å². The molecule has 0 unspecified atom stereocenters. The van der Waals surface area contributed by atoms with Crippen molar-refractivity contribution < 1.29 is 14.3 Å². The number of carbonyl (C=O) groups excluding carboxylic acids is 2. The van der Waals surface area contributed by atoms with Crippen LogP contribution in [0, 0.1) is 5.92 Å². The number of H-pyrrole nitrogens is 1. The van der Waals surface area contributed by atoms with Crippen molar-refractivity contribution in [2.75, 3.05) is 12.4 Å². The minimum Gasteiger partial charge on any atom is -0.497 e. The second-order valence-electron chi connectivity index (χ2n) is 6.66. The van der Waals surface area contributed by atoms with E-state index in [4.69, 9.17) is 4.74 Å². The van der Waals surface area contributed by atoms with E-state index >= 15 is 0 Å². The van der Waals surface area contributed by atoms with Crippen molar-refractivity contribution in [2.24, 2.45) is 5.92 Å². The zero-order valence-electron chi connectivity index (χ0n) is 16.2. The Labute approximate surface area is 163 Å². The summed E-state index contributed by atoms with van der Waals surface area (Å²) in [6, 6.07) is 13.6. The second kappa shape index (κ2) is 8.56. The van der Waals surface area contributed by atoms with Crippen LogP contribution in [0.15, 0.2) is 48.5 Å². The van der Waals surface area contributed by atoms with Gasteiger partial charge in [-0.3, -0.25) is 14.9 Å². The molecule has 0 spiro atoms. The van der Waals surface area contributed by atoms with E-state index in [-0.39, 0.29) is 17.7 Å².